The summed E-state index contributed by atoms with van der Waals surface area (Å²) in [5, 5.41) is 0. The highest BCUT2D eigenvalue weighted by molar-refractivity contribution is 5.41. The van der Waals surface area contributed by atoms with E-state index in [-0.39, 0.29) is 5.69 Å². The van der Waals surface area contributed by atoms with Crippen LogP contribution >= 0.6 is 0 Å². The van der Waals surface area contributed by atoms with Gasteiger partial charge < -0.3 is 11.5 Å². The molecule has 0 saturated heterocycles. The Balaban J connectivity index is 3.04. The summed E-state index contributed by atoms with van der Waals surface area (Å²) < 4.78 is 12.6. The molecule has 0 fully saturated rings. The van der Waals surface area contributed by atoms with E-state index >= 15 is 0 Å². The molecule has 1 rings (SSSR count). The van der Waals surface area contributed by atoms with E-state index in [0.717, 1.165) is 5.56 Å². The highest BCUT2D eigenvalue weighted by atomic mass is 19.1. The normalized spacial score (nSPS) is 9.80. The lowest BCUT2D eigenvalue weighted by Gasteiger charge is -1.98. The number of benzene rings is 1. The smallest absolute Gasteiger partial charge is 0.146 e. The van der Waals surface area contributed by atoms with Crippen molar-refractivity contribution >= 4 is 5.69 Å². The van der Waals surface area contributed by atoms with Gasteiger partial charge in [-0.3, -0.25) is 0 Å². The van der Waals surface area contributed by atoms with Gasteiger partial charge in [0.1, 0.15) is 5.82 Å². The van der Waals surface area contributed by atoms with Gasteiger partial charge in [-0.1, -0.05) is 6.07 Å². The molecule has 0 spiro atoms. The molecule has 1 aromatic carbocycles. The molecule has 0 heterocycles. The van der Waals surface area contributed by atoms with Crippen LogP contribution in [0, 0.1) is 5.82 Å². The number of hydrogen-bond donors (Lipinski definition) is 2. The van der Waals surface area contributed by atoms with Gasteiger partial charge in [0, 0.05) is 6.54 Å². The van der Waals surface area contributed by atoms with Gasteiger partial charge in [0.25, 0.3) is 0 Å². The topological polar surface area (TPSA) is 52.0 Å². The van der Waals surface area contributed by atoms with Crippen molar-refractivity contribution in [2.75, 3.05) is 5.73 Å². The fourth-order valence-corrected chi connectivity index (χ4v) is 0.698. The van der Waals surface area contributed by atoms with E-state index in [1.54, 1.807) is 6.07 Å². The van der Waals surface area contributed by atoms with E-state index < -0.39 is 5.82 Å². The van der Waals surface area contributed by atoms with Gasteiger partial charge >= 0.3 is 0 Å². The van der Waals surface area contributed by atoms with Crippen LogP contribution in [0.3, 0.4) is 0 Å². The number of nitrogens with two attached hydrogens (primary N) is 2. The van der Waals surface area contributed by atoms with Gasteiger partial charge in [-0.25, -0.2) is 4.39 Å². The van der Waals surface area contributed by atoms with Gasteiger partial charge in [-0.15, -0.1) is 0 Å². The molecular formula is C7H9FN2. The zero-order valence-electron chi connectivity index (χ0n) is 5.47. The van der Waals surface area contributed by atoms with E-state index in [4.69, 9.17) is 11.5 Å². The summed E-state index contributed by atoms with van der Waals surface area (Å²) in [5.74, 6) is -0.400. The van der Waals surface area contributed by atoms with Crippen LogP contribution in [0.2, 0.25) is 0 Å². The Morgan fingerprint density at radius 3 is 2.60 bits per heavy atom. The largest absolute Gasteiger partial charge is 0.396 e. The van der Waals surface area contributed by atoms with Crippen LogP contribution in [0.1, 0.15) is 5.56 Å². The molecule has 0 aromatic heterocycles. The van der Waals surface area contributed by atoms with Gasteiger partial charge in [0.15, 0.2) is 0 Å². The van der Waals surface area contributed by atoms with Crippen molar-refractivity contribution in [3.8, 4) is 0 Å². The first-order chi connectivity index (χ1) is 4.74. The van der Waals surface area contributed by atoms with E-state index in [1.165, 1.54) is 12.1 Å². The van der Waals surface area contributed by atoms with E-state index in [9.17, 15) is 4.39 Å². The van der Waals surface area contributed by atoms with E-state index in [0.29, 0.717) is 6.54 Å². The summed E-state index contributed by atoms with van der Waals surface area (Å²) in [6, 6.07) is 4.56. The highest BCUT2D eigenvalue weighted by Crippen LogP contribution is 2.10. The minimum Gasteiger partial charge on any atom is -0.396 e. The Kier molecular flexibility index (Phi) is 1.87. The molecule has 0 aliphatic heterocycles. The van der Waals surface area contributed by atoms with E-state index in [1.807, 2.05) is 0 Å². The molecule has 0 saturated carbocycles. The number of anilines is 1. The predicted molar refractivity (Wildman–Crippen MR) is 38.7 cm³/mol. The zero-order valence-corrected chi connectivity index (χ0v) is 5.47. The average Bonchev–Trinajstić information content (AvgIpc) is 1.95. The second kappa shape index (κ2) is 2.66. The maximum Gasteiger partial charge on any atom is 0.146 e. The molecule has 0 bridgehead atoms. The Hall–Kier alpha value is -1.09. The summed E-state index contributed by atoms with van der Waals surface area (Å²) >= 11 is 0. The monoisotopic (exact) mass is 140 g/mol. The van der Waals surface area contributed by atoms with Crippen molar-refractivity contribution < 1.29 is 4.39 Å². The molecule has 0 atom stereocenters. The van der Waals surface area contributed by atoms with Crippen LogP contribution < -0.4 is 11.5 Å². The quantitative estimate of drug-likeness (QED) is 0.568. The molecule has 0 aliphatic carbocycles. The summed E-state index contributed by atoms with van der Waals surface area (Å²) in [5.41, 5.74) is 11.4. The van der Waals surface area contributed by atoms with Crippen LogP contribution in [-0.4, -0.2) is 0 Å². The van der Waals surface area contributed by atoms with Crippen LogP contribution in [0.4, 0.5) is 10.1 Å². The number of nitrogen functional groups attached to an aromatic ring is 1. The van der Waals surface area contributed by atoms with Crippen LogP contribution in [-0.2, 0) is 6.54 Å². The summed E-state index contributed by atoms with van der Waals surface area (Å²) in [6.45, 7) is 0.344. The molecular weight excluding hydrogens is 131 g/mol. The summed E-state index contributed by atoms with van der Waals surface area (Å²) in [6.07, 6.45) is 0. The van der Waals surface area contributed by atoms with Crippen molar-refractivity contribution in [3.63, 3.8) is 0 Å². The first-order valence-electron chi connectivity index (χ1n) is 2.98. The maximum atomic E-state index is 12.6. The molecule has 4 N–H and O–H groups in total. The third-order valence-electron chi connectivity index (χ3n) is 1.30. The van der Waals surface area contributed by atoms with Crippen LogP contribution in [0.5, 0.6) is 0 Å². The Morgan fingerprint density at radius 2 is 2.10 bits per heavy atom. The van der Waals surface area contributed by atoms with Crippen molar-refractivity contribution in [2.45, 2.75) is 6.54 Å². The van der Waals surface area contributed by atoms with Crippen molar-refractivity contribution in [2.24, 2.45) is 5.73 Å². The third-order valence-corrected chi connectivity index (χ3v) is 1.30. The average molecular weight is 140 g/mol. The molecule has 0 amide bonds. The van der Waals surface area contributed by atoms with Crippen molar-refractivity contribution in [1.82, 2.24) is 0 Å². The molecule has 54 valence electrons. The Morgan fingerprint density at radius 1 is 1.40 bits per heavy atom. The number of hydrogen-bond acceptors (Lipinski definition) is 2. The molecule has 3 heteroatoms. The van der Waals surface area contributed by atoms with E-state index in [2.05, 4.69) is 0 Å². The Labute approximate surface area is 58.6 Å². The summed E-state index contributed by atoms with van der Waals surface area (Å²) in [7, 11) is 0. The number of rotatable bonds is 1. The molecule has 0 aliphatic rings. The lowest BCUT2D eigenvalue weighted by molar-refractivity contribution is 0.630. The lowest BCUT2D eigenvalue weighted by atomic mass is 10.2. The van der Waals surface area contributed by atoms with Crippen molar-refractivity contribution in [1.29, 1.82) is 0 Å². The van der Waals surface area contributed by atoms with Gasteiger partial charge in [0.2, 0.25) is 0 Å². The van der Waals surface area contributed by atoms with Crippen LogP contribution in [0.15, 0.2) is 18.2 Å². The molecule has 2 nitrogen and oxygen atoms in total. The second-order valence-corrected chi connectivity index (χ2v) is 2.06. The minimum absolute atomic E-state index is 0.164. The van der Waals surface area contributed by atoms with Gasteiger partial charge in [-0.05, 0) is 17.7 Å². The molecule has 10 heavy (non-hydrogen) atoms. The third kappa shape index (κ3) is 1.25. The fourth-order valence-electron chi connectivity index (χ4n) is 0.698. The minimum atomic E-state index is -0.400. The maximum absolute atomic E-state index is 12.6. The van der Waals surface area contributed by atoms with Crippen molar-refractivity contribution in [3.05, 3.63) is 29.6 Å². The van der Waals surface area contributed by atoms with Gasteiger partial charge in [-0.2, -0.15) is 0 Å². The molecule has 0 unspecified atom stereocenters. The molecule has 0 radical (unpaired) electrons. The molecule has 1 aromatic rings. The lowest BCUT2D eigenvalue weighted by Crippen LogP contribution is -1.98. The fraction of sp³-hybridized carbons (Fsp3) is 0.143. The standard InChI is InChI=1S/C7H9FN2/c8-6-3-5(4-9)1-2-7(6)10/h1-3H,4,9-10H2. The van der Waals surface area contributed by atoms with Gasteiger partial charge in [0.05, 0.1) is 5.69 Å². The first-order valence-corrected chi connectivity index (χ1v) is 2.98. The Bertz CT molecular complexity index is 235. The second-order valence-electron chi connectivity index (χ2n) is 2.06. The van der Waals surface area contributed by atoms with Crippen LogP contribution in [0.25, 0.3) is 0 Å². The highest BCUT2D eigenvalue weighted by Gasteiger charge is 1.96. The number of halogens is 1. The zero-order chi connectivity index (χ0) is 7.56. The summed E-state index contributed by atoms with van der Waals surface area (Å²) in [4.78, 5) is 0. The SMILES string of the molecule is NCc1ccc(N)c(F)c1. The predicted octanol–water partition coefficient (Wildman–Crippen LogP) is 0.867. The first kappa shape index (κ1) is 7.02.